The van der Waals surface area contributed by atoms with Gasteiger partial charge in [0.25, 0.3) is 11.5 Å². The van der Waals surface area contributed by atoms with E-state index in [1.165, 1.54) is 24.3 Å². The highest BCUT2D eigenvalue weighted by Gasteiger charge is 2.26. The Morgan fingerprint density at radius 2 is 1.60 bits per heavy atom. The number of primary amides is 1. The number of nitrogen functional groups attached to an aromatic ring is 1. The molecule has 0 aliphatic heterocycles. The van der Waals surface area contributed by atoms with Gasteiger partial charge in [-0.2, -0.15) is 0 Å². The Morgan fingerprint density at radius 3 is 2.08 bits per heavy atom. The number of anilines is 1. The zero-order valence-corrected chi connectivity index (χ0v) is 12.6. The maximum Gasteiger partial charge on any atom is 0.342 e. The van der Waals surface area contributed by atoms with E-state index in [0.717, 1.165) is 0 Å². The lowest BCUT2D eigenvalue weighted by atomic mass is 9.95. The molecule has 0 unspecified atom stereocenters. The lowest BCUT2D eigenvalue weighted by Gasteiger charge is -2.12. The number of carbonyl (C=O) groups excluding carboxylic acids is 1. The minimum Gasteiger partial charge on any atom is -0.484 e. The van der Waals surface area contributed by atoms with Crippen LogP contribution in [-0.4, -0.2) is 39.6 Å². The highest BCUT2D eigenvalue weighted by atomic mass is 16.5. The van der Waals surface area contributed by atoms with Gasteiger partial charge in [0.15, 0.2) is 6.61 Å². The average Bonchev–Trinajstić information content (AvgIpc) is 2.51. The van der Waals surface area contributed by atoms with E-state index in [1.54, 1.807) is 0 Å². The molecular formula is C15H13N3O7. The number of carboxylic acids is 2. The van der Waals surface area contributed by atoms with E-state index >= 15 is 0 Å². The van der Waals surface area contributed by atoms with Gasteiger partial charge in [0.2, 0.25) is 0 Å². The minimum atomic E-state index is -1.60. The number of amides is 1. The van der Waals surface area contributed by atoms with Crippen LogP contribution >= 0.6 is 0 Å². The number of ether oxygens (including phenoxy) is 1. The van der Waals surface area contributed by atoms with Gasteiger partial charge in [-0.05, 0) is 17.7 Å². The summed E-state index contributed by atoms with van der Waals surface area (Å²) in [6.45, 7) is -0.363. The molecule has 2 rings (SSSR count). The molecule has 0 radical (unpaired) electrons. The Hall–Kier alpha value is -3.82. The van der Waals surface area contributed by atoms with Crippen LogP contribution in [0.1, 0.15) is 20.7 Å². The Labute approximate surface area is 139 Å². The number of hydrogen-bond acceptors (Lipinski definition) is 6. The van der Waals surface area contributed by atoms with E-state index in [0.29, 0.717) is 0 Å². The van der Waals surface area contributed by atoms with E-state index in [4.69, 9.17) is 16.2 Å². The Kier molecular flexibility index (Phi) is 4.73. The lowest BCUT2D eigenvalue weighted by molar-refractivity contribution is -0.119. The highest BCUT2D eigenvalue weighted by molar-refractivity contribution is 6.07. The number of H-pyrrole nitrogens is 1. The van der Waals surface area contributed by atoms with E-state index in [-0.39, 0.29) is 23.5 Å². The maximum atomic E-state index is 11.9. The molecule has 2 aromatic rings. The van der Waals surface area contributed by atoms with Crippen molar-refractivity contribution >= 4 is 23.7 Å². The molecule has 1 amide bonds. The fourth-order valence-corrected chi connectivity index (χ4v) is 2.21. The van der Waals surface area contributed by atoms with Gasteiger partial charge >= 0.3 is 11.9 Å². The smallest absolute Gasteiger partial charge is 0.342 e. The molecule has 0 atom stereocenters. The largest absolute Gasteiger partial charge is 0.484 e. The number of carbonyl (C=O) groups is 3. The van der Waals surface area contributed by atoms with Crippen molar-refractivity contribution in [3.63, 3.8) is 0 Å². The van der Waals surface area contributed by atoms with Crippen molar-refractivity contribution in [2.24, 2.45) is 5.73 Å². The average molecular weight is 347 g/mol. The molecule has 25 heavy (non-hydrogen) atoms. The van der Waals surface area contributed by atoms with Crippen LogP contribution in [0.15, 0.2) is 29.1 Å². The number of benzene rings is 1. The topological polar surface area (TPSA) is 186 Å². The number of aromatic carboxylic acids is 2. The standard InChI is InChI=1S/C15H13N3O7/c16-8(19)5-25-7-3-1-6(2-4-7)9-10(14(21)22)12(17)18-13(20)11(9)15(23)24/h1-4H,5H2,(H2,16,19)(H,21,22)(H,23,24)(H3,17,18,20). The number of nitrogens with two attached hydrogens (primary N) is 2. The van der Waals surface area contributed by atoms with Crippen LogP contribution in [0.2, 0.25) is 0 Å². The second kappa shape index (κ2) is 6.74. The molecule has 0 aliphatic carbocycles. The van der Waals surface area contributed by atoms with Gasteiger partial charge < -0.3 is 31.4 Å². The van der Waals surface area contributed by atoms with Gasteiger partial charge in [0, 0.05) is 5.56 Å². The van der Waals surface area contributed by atoms with E-state index in [2.05, 4.69) is 0 Å². The van der Waals surface area contributed by atoms with Gasteiger partial charge in [-0.25, -0.2) is 9.59 Å². The number of rotatable bonds is 6. The molecule has 1 aromatic carbocycles. The SMILES string of the molecule is NC(=O)COc1ccc(-c2c(C(=O)O)c(N)[nH]c(=O)c2C(=O)O)cc1. The van der Waals surface area contributed by atoms with Crippen molar-refractivity contribution in [2.75, 3.05) is 12.3 Å². The number of pyridine rings is 1. The number of nitrogens with one attached hydrogen (secondary N) is 1. The number of aromatic amines is 1. The molecule has 1 heterocycles. The monoisotopic (exact) mass is 347 g/mol. The first-order valence-corrected chi connectivity index (χ1v) is 6.76. The summed E-state index contributed by atoms with van der Waals surface area (Å²) in [5.74, 6) is -4.01. The second-order valence-corrected chi connectivity index (χ2v) is 4.88. The van der Waals surface area contributed by atoms with Gasteiger partial charge in [-0.3, -0.25) is 9.59 Å². The maximum absolute atomic E-state index is 11.9. The van der Waals surface area contributed by atoms with Crippen molar-refractivity contribution < 1.29 is 29.3 Å². The van der Waals surface area contributed by atoms with E-state index in [9.17, 15) is 29.4 Å². The van der Waals surface area contributed by atoms with Crippen molar-refractivity contribution in [1.82, 2.24) is 4.98 Å². The first-order valence-electron chi connectivity index (χ1n) is 6.76. The fourth-order valence-electron chi connectivity index (χ4n) is 2.21. The van der Waals surface area contributed by atoms with Crippen LogP contribution in [0.4, 0.5) is 5.82 Å². The third-order valence-corrected chi connectivity index (χ3v) is 3.20. The molecule has 10 nitrogen and oxygen atoms in total. The number of carboxylic acid groups (broad SMARTS) is 2. The number of aromatic nitrogens is 1. The second-order valence-electron chi connectivity index (χ2n) is 4.88. The Balaban J connectivity index is 2.64. The Bertz CT molecular complexity index is 916. The summed E-state index contributed by atoms with van der Waals surface area (Å²) in [7, 11) is 0. The van der Waals surface area contributed by atoms with Gasteiger partial charge in [-0.1, -0.05) is 12.1 Å². The fraction of sp³-hybridized carbons (Fsp3) is 0.0667. The van der Waals surface area contributed by atoms with Crippen molar-refractivity contribution in [2.45, 2.75) is 0 Å². The number of hydrogen-bond donors (Lipinski definition) is 5. The molecule has 7 N–H and O–H groups in total. The van der Waals surface area contributed by atoms with E-state index < -0.39 is 40.3 Å². The van der Waals surface area contributed by atoms with Gasteiger partial charge in [0.1, 0.15) is 22.7 Å². The van der Waals surface area contributed by atoms with E-state index in [1.807, 2.05) is 4.98 Å². The molecule has 10 heteroatoms. The van der Waals surface area contributed by atoms with Crippen LogP contribution in [0, 0.1) is 0 Å². The van der Waals surface area contributed by atoms with Crippen molar-refractivity contribution in [3.8, 4) is 16.9 Å². The predicted octanol–water partition coefficient (Wildman–Crippen LogP) is -0.115. The first kappa shape index (κ1) is 17.5. The van der Waals surface area contributed by atoms with Gasteiger partial charge in [-0.15, -0.1) is 0 Å². The predicted molar refractivity (Wildman–Crippen MR) is 85.5 cm³/mol. The van der Waals surface area contributed by atoms with Crippen LogP contribution in [0.3, 0.4) is 0 Å². The molecule has 0 aliphatic rings. The molecule has 130 valence electrons. The third kappa shape index (κ3) is 3.58. The summed E-state index contributed by atoms with van der Waals surface area (Å²) in [5, 5.41) is 18.6. The molecule has 0 spiro atoms. The van der Waals surface area contributed by atoms with Crippen LogP contribution in [-0.2, 0) is 4.79 Å². The minimum absolute atomic E-state index is 0.124. The van der Waals surface area contributed by atoms with Crippen LogP contribution < -0.4 is 21.8 Å². The highest BCUT2D eigenvalue weighted by Crippen LogP contribution is 2.30. The zero-order valence-electron chi connectivity index (χ0n) is 12.6. The molecule has 0 saturated heterocycles. The van der Waals surface area contributed by atoms with Crippen LogP contribution in [0.5, 0.6) is 5.75 Å². The molecule has 1 aromatic heterocycles. The molecule has 0 fully saturated rings. The summed E-state index contributed by atoms with van der Waals surface area (Å²) in [6, 6.07) is 5.41. The summed E-state index contributed by atoms with van der Waals surface area (Å²) in [4.78, 5) is 47.5. The lowest BCUT2D eigenvalue weighted by Crippen LogP contribution is -2.24. The summed E-state index contributed by atoms with van der Waals surface area (Å²) >= 11 is 0. The Morgan fingerprint density at radius 1 is 1.04 bits per heavy atom. The van der Waals surface area contributed by atoms with Crippen molar-refractivity contribution in [3.05, 3.63) is 45.7 Å². The quantitative estimate of drug-likeness (QED) is 0.478. The van der Waals surface area contributed by atoms with Crippen LogP contribution in [0.25, 0.3) is 11.1 Å². The zero-order chi connectivity index (χ0) is 18.7. The summed E-state index contributed by atoms with van der Waals surface area (Å²) in [5.41, 5.74) is 7.96. The molecule has 0 saturated carbocycles. The molecule has 0 bridgehead atoms. The van der Waals surface area contributed by atoms with Crippen molar-refractivity contribution in [1.29, 1.82) is 0 Å². The normalized spacial score (nSPS) is 10.2. The first-order chi connectivity index (χ1) is 11.7. The third-order valence-electron chi connectivity index (χ3n) is 3.20. The summed E-state index contributed by atoms with van der Waals surface area (Å²) in [6.07, 6.45) is 0. The molecular weight excluding hydrogens is 334 g/mol. The summed E-state index contributed by atoms with van der Waals surface area (Å²) < 4.78 is 5.06. The van der Waals surface area contributed by atoms with Gasteiger partial charge in [0.05, 0.1) is 0 Å².